The number of anilines is 2. The van der Waals surface area contributed by atoms with Crippen molar-refractivity contribution in [2.45, 2.75) is 17.2 Å². The highest BCUT2D eigenvalue weighted by atomic mass is 35.5. The highest BCUT2D eigenvalue weighted by Crippen LogP contribution is 2.28. The fourth-order valence-electron chi connectivity index (χ4n) is 2.30. The van der Waals surface area contributed by atoms with Gasteiger partial charge in [0.1, 0.15) is 0 Å². The number of rotatable bonds is 6. The number of hydrogen-bond acceptors (Lipinski definition) is 4. The number of halogens is 2. The van der Waals surface area contributed by atoms with E-state index in [0.717, 1.165) is 27.6 Å². The van der Waals surface area contributed by atoms with Crippen LogP contribution >= 0.6 is 35.0 Å². The molecule has 3 N–H and O–H groups in total. The Balaban J connectivity index is 1.61. The highest BCUT2D eigenvalue weighted by molar-refractivity contribution is 7.98. The predicted octanol–water partition coefficient (Wildman–Crippen LogP) is 5.88. The van der Waals surface area contributed by atoms with E-state index in [4.69, 9.17) is 28.9 Å². The van der Waals surface area contributed by atoms with E-state index in [9.17, 15) is 0 Å². The Hall–Kier alpha value is -1.88. The maximum absolute atomic E-state index is 6.06. The molecule has 3 rings (SSSR count). The van der Waals surface area contributed by atoms with Crippen LogP contribution in [-0.4, -0.2) is 4.98 Å². The number of nitrogens with zero attached hydrogens (tertiary/aromatic N) is 1. The summed E-state index contributed by atoms with van der Waals surface area (Å²) in [6.45, 7) is 0.684. The first-order valence-corrected chi connectivity index (χ1v) is 9.45. The Labute approximate surface area is 161 Å². The molecule has 0 aliphatic rings. The van der Waals surface area contributed by atoms with E-state index < -0.39 is 0 Å². The summed E-state index contributed by atoms with van der Waals surface area (Å²) in [6.07, 6.45) is 3.50. The van der Waals surface area contributed by atoms with Crippen LogP contribution in [0.2, 0.25) is 10.0 Å². The summed E-state index contributed by atoms with van der Waals surface area (Å²) in [4.78, 5) is 5.12. The minimum absolute atomic E-state index is 0.569. The SMILES string of the molecule is Nc1ccncc1SCc1cccc(NCc2ccc(Cl)c(Cl)c2)c1. The van der Waals surface area contributed by atoms with Gasteiger partial charge in [0.05, 0.1) is 10.0 Å². The largest absolute Gasteiger partial charge is 0.398 e. The van der Waals surface area contributed by atoms with E-state index in [1.165, 1.54) is 5.56 Å². The van der Waals surface area contributed by atoms with E-state index in [0.29, 0.717) is 16.6 Å². The van der Waals surface area contributed by atoms with E-state index in [2.05, 4.69) is 22.4 Å². The number of pyridine rings is 1. The van der Waals surface area contributed by atoms with Crippen LogP contribution in [0.15, 0.2) is 65.8 Å². The van der Waals surface area contributed by atoms with Gasteiger partial charge in [-0.1, -0.05) is 41.4 Å². The summed E-state index contributed by atoms with van der Waals surface area (Å²) in [6, 6.07) is 15.8. The van der Waals surface area contributed by atoms with Gasteiger partial charge in [-0.2, -0.15) is 0 Å². The molecule has 0 bridgehead atoms. The minimum atomic E-state index is 0.569. The molecule has 2 aromatic carbocycles. The number of benzene rings is 2. The van der Waals surface area contributed by atoms with Gasteiger partial charge >= 0.3 is 0 Å². The van der Waals surface area contributed by atoms with Gasteiger partial charge in [-0.25, -0.2) is 0 Å². The second kappa shape index (κ2) is 8.48. The number of nitrogens with one attached hydrogen (secondary N) is 1. The number of hydrogen-bond donors (Lipinski definition) is 2. The van der Waals surface area contributed by atoms with Gasteiger partial charge in [0.25, 0.3) is 0 Å². The molecular weight excluding hydrogens is 373 g/mol. The van der Waals surface area contributed by atoms with E-state index in [1.807, 2.05) is 36.4 Å². The first-order chi connectivity index (χ1) is 12.1. The molecule has 0 aliphatic carbocycles. The monoisotopic (exact) mass is 389 g/mol. The van der Waals surface area contributed by atoms with Crippen LogP contribution in [0.25, 0.3) is 0 Å². The van der Waals surface area contributed by atoms with Crippen LogP contribution < -0.4 is 11.1 Å². The Morgan fingerprint density at radius 1 is 1.00 bits per heavy atom. The van der Waals surface area contributed by atoms with Gasteiger partial charge in [0, 0.05) is 41.0 Å². The summed E-state index contributed by atoms with van der Waals surface area (Å²) >= 11 is 13.7. The molecule has 0 saturated heterocycles. The third-order valence-electron chi connectivity index (χ3n) is 3.62. The smallest absolute Gasteiger partial charge is 0.0595 e. The van der Waals surface area contributed by atoms with E-state index >= 15 is 0 Å². The van der Waals surface area contributed by atoms with Gasteiger partial charge in [0.2, 0.25) is 0 Å². The highest BCUT2D eigenvalue weighted by Gasteiger charge is 2.03. The van der Waals surface area contributed by atoms with Crippen molar-refractivity contribution in [2.24, 2.45) is 0 Å². The molecule has 25 heavy (non-hydrogen) atoms. The lowest BCUT2D eigenvalue weighted by Gasteiger charge is -2.10. The van der Waals surface area contributed by atoms with Gasteiger partial charge in [-0.05, 0) is 41.5 Å². The first-order valence-electron chi connectivity index (χ1n) is 7.71. The minimum Gasteiger partial charge on any atom is -0.398 e. The molecule has 3 nitrogen and oxygen atoms in total. The molecule has 0 aliphatic heterocycles. The fourth-order valence-corrected chi connectivity index (χ4v) is 3.49. The molecular formula is C19H17Cl2N3S. The van der Waals surface area contributed by atoms with Crippen LogP contribution in [0.3, 0.4) is 0 Å². The van der Waals surface area contributed by atoms with E-state index in [-0.39, 0.29) is 0 Å². The van der Waals surface area contributed by atoms with Crippen molar-refractivity contribution in [2.75, 3.05) is 11.1 Å². The zero-order valence-electron chi connectivity index (χ0n) is 13.4. The topological polar surface area (TPSA) is 50.9 Å². The molecule has 0 saturated carbocycles. The average molecular weight is 390 g/mol. The Bertz CT molecular complexity index is 871. The third kappa shape index (κ3) is 5.05. The van der Waals surface area contributed by atoms with Crippen molar-refractivity contribution in [1.29, 1.82) is 0 Å². The molecule has 6 heteroatoms. The maximum atomic E-state index is 6.06. The number of thioether (sulfide) groups is 1. The van der Waals surface area contributed by atoms with Gasteiger partial charge < -0.3 is 11.1 Å². The molecule has 0 radical (unpaired) electrons. The standard InChI is InChI=1S/C19H17Cl2N3S/c20-16-5-4-13(9-17(16)21)10-24-15-3-1-2-14(8-15)12-25-19-11-23-7-6-18(19)22/h1-9,11,24H,10,12H2,(H2,22,23). The normalized spacial score (nSPS) is 10.6. The zero-order chi connectivity index (χ0) is 17.6. The van der Waals surface area contributed by atoms with Crippen LogP contribution in [0.5, 0.6) is 0 Å². The maximum Gasteiger partial charge on any atom is 0.0595 e. The fraction of sp³-hybridized carbons (Fsp3) is 0.105. The molecule has 0 fully saturated rings. The van der Waals surface area contributed by atoms with Gasteiger partial charge in [-0.15, -0.1) is 11.8 Å². The van der Waals surface area contributed by atoms with Gasteiger partial charge in [-0.3, -0.25) is 4.98 Å². The van der Waals surface area contributed by atoms with Crippen LogP contribution in [0.4, 0.5) is 11.4 Å². The molecule has 0 unspecified atom stereocenters. The molecule has 3 aromatic rings. The van der Waals surface area contributed by atoms with Crippen LogP contribution in [0.1, 0.15) is 11.1 Å². The summed E-state index contributed by atoms with van der Waals surface area (Å²) < 4.78 is 0. The summed E-state index contributed by atoms with van der Waals surface area (Å²) in [5, 5.41) is 4.55. The molecule has 0 amide bonds. The summed E-state index contributed by atoms with van der Waals surface area (Å²) in [7, 11) is 0. The summed E-state index contributed by atoms with van der Waals surface area (Å²) in [5.74, 6) is 0.832. The predicted molar refractivity (Wildman–Crippen MR) is 108 cm³/mol. The van der Waals surface area contributed by atoms with Crippen molar-refractivity contribution in [3.63, 3.8) is 0 Å². The molecule has 0 atom stereocenters. The van der Waals surface area contributed by atoms with Crippen molar-refractivity contribution in [3.8, 4) is 0 Å². The lowest BCUT2D eigenvalue weighted by Crippen LogP contribution is -1.99. The average Bonchev–Trinajstić information content (AvgIpc) is 2.62. The number of aromatic nitrogens is 1. The second-order valence-corrected chi connectivity index (χ2v) is 7.34. The second-order valence-electron chi connectivity index (χ2n) is 5.50. The lowest BCUT2D eigenvalue weighted by molar-refractivity contribution is 1.15. The van der Waals surface area contributed by atoms with Crippen molar-refractivity contribution in [3.05, 3.63) is 82.1 Å². The Morgan fingerprint density at radius 3 is 2.68 bits per heavy atom. The van der Waals surface area contributed by atoms with Crippen molar-refractivity contribution < 1.29 is 0 Å². The lowest BCUT2D eigenvalue weighted by atomic mass is 10.2. The molecule has 1 heterocycles. The van der Waals surface area contributed by atoms with Gasteiger partial charge in [0.15, 0.2) is 0 Å². The third-order valence-corrected chi connectivity index (χ3v) is 5.49. The van der Waals surface area contributed by atoms with Crippen molar-refractivity contribution in [1.82, 2.24) is 4.98 Å². The molecule has 0 spiro atoms. The first kappa shape index (κ1) is 17.9. The molecule has 1 aromatic heterocycles. The number of nitrogens with two attached hydrogens (primary N) is 1. The summed E-state index contributed by atoms with van der Waals surface area (Å²) in [5.41, 5.74) is 10.1. The van der Waals surface area contributed by atoms with Crippen LogP contribution in [-0.2, 0) is 12.3 Å². The van der Waals surface area contributed by atoms with E-state index in [1.54, 1.807) is 24.2 Å². The Kier molecular flexibility index (Phi) is 6.08. The Morgan fingerprint density at radius 2 is 1.88 bits per heavy atom. The molecule has 128 valence electrons. The number of nitrogen functional groups attached to an aromatic ring is 1. The van der Waals surface area contributed by atoms with Crippen molar-refractivity contribution >= 4 is 46.3 Å². The zero-order valence-corrected chi connectivity index (χ0v) is 15.7. The quantitative estimate of drug-likeness (QED) is 0.517. The van der Waals surface area contributed by atoms with Crippen LogP contribution in [0, 0.1) is 0 Å².